The fourth-order valence-electron chi connectivity index (χ4n) is 5.86. The number of nitrogens with zero attached hydrogens (tertiary/aromatic N) is 1. The smallest absolute Gasteiger partial charge is 0.305 e. The highest BCUT2D eigenvalue weighted by atomic mass is 35.5. The van der Waals surface area contributed by atoms with Gasteiger partial charge >= 0.3 is 5.97 Å². The molecule has 0 saturated heterocycles. The number of halogens is 3. The first-order valence-electron chi connectivity index (χ1n) is 12.7. The number of amides is 1. The molecule has 1 saturated carbocycles. The molecule has 0 radical (unpaired) electrons. The average Bonchev–Trinajstić information content (AvgIpc) is 3.11. The molecule has 1 amide bonds. The first-order valence-corrected chi connectivity index (χ1v) is 13.4. The topological polar surface area (TPSA) is 87.1 Å². The van der Waals surface area contributed by atoms with E-state index in [4.69, 9.17) is 27.9 Å². The summed E-state index contributed by atoms with van der Waals surface area (Å²) < 4.78 is 22.4. The van der Waals surface area contributed by atoms with E-state index < -0.39 is 41.5 Å². The number of carboxylic acids is 1. The van der Waals surface area contributed by atoms with Gasteiger partial charge in [-0.25, -0.2) is 4.39 Å². The third kappa shape index (κ3) is 4.51. The van der Waals surface area contributed by atoms with Gasteiger partial charge in [0.1, 0.15) is 5.82 Å². The lowest BCUT2D eigenvalue weighted by Crippen LogP contribution is -2.49. The van der Waals surface area contributed by atoms with Crippen molar-refractivity contribution < 1.29 is 28.9 Å². The van der Waals surface area contributed by atoms with Gasteiger partial charge in [-0.15, -0.1) is 0 Å². The van der Waals surface area contributed by atoms with Crippen LogP contribution in [0.1, 0.15) is 71.3 Å². The van der Waals surface area contributed by atoms with Crippen LogP contribution >= 0.6 is 23.2 Å². The number of benzene rings is 3. The molecule has 0 spiro atoms. The molecule has 1 fully saturated rings. The summed E-state index contributed by atoms with van der Waals surface area (Å²) in [4.78, 5) is 27.7. The standard InChI is InChI=1S/C30H28Cl2FNO5/c1-29(38,18-4-3-5-18)20-14-23-27(24(33)15-20)30(39-2,19-8-12-22(32)13-9-19)34(28(23)37)25(16-26(35)36)17-6-10-21(31)11-7-17/h6-15,18,25,38H,3-5,16H2,1-2H3,(H,35,36)/t25-,29?,30-/m1/s1. The van der Waals surface area contributed by atoms with Crippen molar-refractivity contribution in [2.75, 3.05) is 7.11 Å². The number of carbonyl (C=O) groups is 2. The Morgan fingerprint density at radius 1 is 1.13 bits per heavy atom. The van der Waals surface area contributed by atoms with Gasteiger partial charge in [-0.2, -0.15) is 0 Å². The highest BCUT2D eigenvalue weighted by Gasteiger charge is 2.57. The molecule has 0 bridgehead atoms. The molecule has 3 atom stereocenters. The third-order valence-electron chi connectivity index (χ3n) is 8.17. The van der Waals surface area contributed by atoms with Crippen LogP contribution in [0.2, 0.25) is 10.0 Å². The van der Waals surface area contributed by atoms with Crippen LogP contribution in [0.3, 0.4) is 0 Å². The predicted octanol–water partition coefficient (Wildman–Crippen LogP) is 6.66. The molecular formula is C30H28Cl2FNO5. The van der Waals surface area contributed by atoms with Gasteiger partial charge in [0.05, 0.1) is 29.2 Å². The number of aliphatic carboxylic acids is 1. The number of carboxylic acid groups (broad SMARTS) is 1. The maximum atomic E-state index is 16.3. The quantitative estimate of drug-likeness (QED) is 0.315. The Morgan fingerprint density at radius 3 is 2.23 bits per heavy atom. The number of hydrogen-bond acceptors (Lipinski definition) is 4. The Kier molecular flexibility index (Phi) is 7.22. The largest absolute Gasteiger partial charge is 0.481 e. The summed E-state index contributed by atoms with van der Waals surface area (Å²) in [6.07, 6.45) is 2.10. The molecule has 9 heteroatoms. The average molecular weight is 572 g/mol. The van der Waals surface area contributed by atoms with Gasteiger partial charge in [0.25, 0.3) is 5.91 Å². The van der Waals surface area contributed by atoms with Crippen LogP contribution in [-0.4, -0.2) is 34.1 Å². The van der Waals surface area contributed by atoms with Crippen LogP contribution in [0.15, 0.2) is 60.7 Å². The van der Waals surface area contributed by atoms with Crippen molar-refractivity contribution in [3.05, 3.63) is 104 Å². The monoisotopic (exact) mass is 571 g/mol. The molecule has 204 valence electrons. The van der Waals surface area contributed by atoms with E-state index in [0.717, 1.165) is 19.3 Å². The van der Waals surface area contributed by atoms with Crippen molar-refractivity contribution in [2.45, 2.75) is 50.0 Å². The number of ether oxygens (including phenoxy) is 1. The fraction of sp³-hybridized carbons (Fsp3) is 0.333. The van der Waals surface area contributed by atoms with Gasteiger partial charge in [-0.3, -0.25) is 14.5 Å². The van der Waals surface area contributed by atoms with E-state index in [1.807, 2.05) is 0 Å². The second-order valence-corrected chi connectivity index (χ2v) is 11.2. The Morgan fingerprint density at radius 2 is 1.72 bits per heavy atom. The molecule has 3 aromatic carbocycles. The molecule has 1 aliphatic carbocycles. The zero-order valence-electron chi connectivity index (χ0n) is 21.5. The number of hydrogen-bond donors (Lipinski definition) is 2. The number of carbonyl (C=O) groups excluding carboxylic acids is 1. The summed E-state index contributed by atoms with van der Waals surface area (Å²) in [5.41, 5.74) is -2.03. The Hall–Kier alpha value is -2.97. The lowest BCUT2D eigenvalue weighted by Gasteiger charge is -2.43. The summed E-state index contributed by atoms with van der Waals surface area (Å²) in [5, 5.41) is 22.1. The zero-order chi connectivity index (χ0) is 28.1. The van der Waals surface area contributed by atoms with E-state index in [2.05, 4.69) is 0 Å². The van der Waals surface area contributed by atoms with Crippen molar-refractivity contribution in [1.82, 2.24) is 4.90 Å². The first-order chi connectivity index (χ1) is 18.5. The van der Waals surface area contributed by atoms with Crippen molar-refractivity contribution in [3.8, 4) is 0 Å². The van der Waals surface area contributed by atoms with Crippen molar-refractivity contribution >= 4 is 35.1 Å². The van der Waals surface area contributed by atoms with Crippen molar-refractivity contribution in [1.29, 1.82) is 0 Å². The second kappa shape index (κ2) is 10.2. The number of fused-ring (bicyclic) bond motifs is 1. The summed E-state index contributed by atoms with van der Waals surface area (Å²) in [6, 6.07) is 14.6. The van der Waals surface area contributed by atoms with Gasteiger partial charge in [-0.1, -0.05) is 53.9 Å². The van der Waals surface area contributed by atoms with Crippen LogP contribution in [-0.2, 0) is 20.9 Å². The second-order valence-electron chi connectivity index (χ2n) is 10.4. The molecule has 5 rings (SSSR count). The summed E-state index contributed by atoms with van der Waals surface area (Å²) in [7, 11) is 1.35. The number of rotatable bonds is 8. The number of aliphatic hydroxyl groups is 1. The highest BCUT2D eigenvalue weighted by molar-refractivity contribution is 6.30. The molecule has 0 aromatic heterocycles. The number of methoxy groups -OCH3 is 1. The molecule has 1 heterocycles. The van der Waals surface area contributed by atoms with Gasteiger partial charge in [0.2, 0.25) is 0 Å². The van der Waals surface area contributed by atoms with Crippen LogP contribution in [0.5, 0.6) is 0 Å². The Labute approximate surface area is 235 Å². The van der Waals surface area contributed by atoms with Gasteiger partial charge in [-0.05, 0) is 73.2 Å². The van der Waals surface area contributed by atoms with E-state index in [9.17, 15) is 19.8 Å². The van der Waals surface area contributed by atoms with Crippen LogP contribution < -0.4 is 0 Å². The van der Waals surface area contributed by atoms with E-state index in [-0.39, 0.29) is 17.0 Å². The van der Waals surface area contributed by atoms with Crippen LogP contribution in [0.25, 0.3) is 0 Å². The van der Waals surface area contributed by atoms with Crippen LogP contribution in [0, 0.1) is 11.7 Å². The van der Waals surface area contributed by atoms with E-state index in [0.29, 0.717) is 26.7 Å². The SMILES string of the molecule is CO[C@]1(c2ccc(Cl)cc2)c2c(F)cc(C(C)(O)C3CCC3)cc2C(=O)N1[C@H](CC(=O)O)c1ccc(Cl)cc1. The molecule has 39 heavy (non-hydrogen) atoms. The summed E-state index contributed by atoms with van der Waals surface area (Å²) in [5.74, 6) is -2.57. The minimum atomic E-state index is -1.82. The summed E-state index contributed by atoms with van der Waals surface area (Å²) in [6.45, 7) is 1.64. The Bertz CT molecular complexity index is 1420. The maximum Gasteiger partial charge on any atom is 0.305 e. The molecule has 1 aliphatic heterocycles. The zero-order valence-corrected chi connectivity index (χ0v) is 23.0. The van der Waals surface area contributed by atoms with Crippen molar-refractivity contribution in [3.63, 3.8) is 0 Å². The minimum Gasteiger partial charge on any atom is -0.481 e. The van der Waals surface area contributed by atoms with E-state index in [1.165, 1.54) is 24.1 Å². The molecule has 6 nitrogen and oxygen atoms in total. The first kappa shape index (κ1) is 27.6. The summed E-state index contributed by atoms with van der Waals surface area (Å²) >= 11 is 12.2. The maximum absolute atomic E-state index is 16.3. The van der Waals surface area contributed by atoms with E-state index >= 15 is 4.39 Å². The molecule has 2 aliphatic rings. The van der Waals surface area contributed by atoms with Crippen molar-refractivity contribution in [2.24, 2.45) is 5.92 Å². The predicted molar refractivity (Wildman–Crippen MR) is 145 cm³/mol. The molecule has 2 N–H and O–H groups in total. The van der Waals surface area contributed by atoms with E-state index in [1.54, 1.807) is 55.5 Å². The lowest BCUT2D eigenvalue weighted by atomic mass is 9.70. The lowest BCUT2D eigenvalue weighted by molar-refractivity contribution is -0.142. The fourth-order valence-corrected chi connectivity index (χ4v) is 6.11. The molecular weight excluding hydrogens is 544 g/mol. The van der Waals surface area contributed by atoms with Gasteiger partial charge < -0.3 is 14.9 Å². The van der Waals surface area contributed by atoms with Gasteiger partial charge in [0, 0.05) is 22.7 Å². The van der Waals surface area contributed by atoms with Gasteiger partial charge in [0.15, 0.2) is 5.72 Å². The molecule has 3 aromatic rings. The molecule has 1 unspecified atom stereocenters. The third-order valence-corrected chi connectivity index (χ3v) is 8.67. The highest BCUT2D eigenvalue weighted by Crippen LogP contribution is 2.52. The van der Waals surface area contributed by atoms with Crippen LogP contribution in [0.4, 0.5) is 4.39 Å². The minimum absolute atomic E-state index is 0.00532. The Balaban J connectivity index is 1.78. The normalized spacial score (nSPS) is 21.3.